The molecule has 2 aromatic heterocycles. The number of hydrogen-bond donors (Lipinski definition) is 1. The van der Waals surface area contributed by atoms with Gasteiger partial charge >= 0.3 is 0 Å². The van der Waals surface area contributed by atoms with Gasteiger partial charge in [-0.2, -0.15) is 0 Å². The van der Waals surface area contributed by atoms with E-state index in [1.165, 1.54) is 0 Å². The molecule has 0 saturated carbocycles. The molecule has 2 rings (SSSR count). The summed E-state index contributed by atoms with van der Waals surface area (Å²) >= 11 is 1.62. The van der Waals surface area contributed by atoms with Crippen LogP contribution in [-0.2, 0) is 0 Å². The van der Waals surface area contributed by atoms with Gasteiger partial charge < -0.3 is 5.73 Å². The molecule has 0 bridgehead atoms. The number of nitrogens with two attached hydrogens (primary N) is 1. The first-order chi connectivity index (χ1) is 10.0. The molecule has 0 fully saturated rings. The number of aryl methyl sites for hydroxylation is 2. The molecule has 0 aliphatic rings. The lowest BCUT2D eigenvalue weighted by atomic mass is 10.1. The fourth-order valence-corrected chi connectivity index (χ4v) is 3.32. The first-order valence-electron chi connectivity index (χ1n) is 7.17. The van der Waals surface area contributed by atoms with Gasteiger partial charge in [-0.25, -0.2) is 9.97 Å². The van der Waals surface area contributed by atoms with Gasteiger partial charge in [0.1, 0.15) is 0 Å². The molecule has 2 aromatic rings. The number of hydrogen-bond acceptors (Lipinski definition) is 5. The maximum atomic E-state index is 6.30. The molecule has 21 heavy (non-hydrogen) atoms. The molecule has 2 N–H and O–H groups in total. The molecule has 5 heteroatoms. The molecular weight excluding hydrogens is 280 g/mol. The smallest absolute Gasteiger partial charge is 0.188 e. The van der Waals surface area contributed by atoms with Crippen molar-refractivity contribution in [1.29, 1.82) is 0 Å². The zero-order valence-corrected chi connectivity index (χ0v) is 13.8. The van der Waals surface area contributed by atoms with Gasteiger partial charge in [-0.1, -0.05) is 24.8 Å². The Labute approximate surface area is 130 Å². The second-order valence-electron chi connectivity index (χ2n) is 5.20. The largest absolute Gasteiger partial charge is 0.326 e. The molecular formula is C16H22N4S. The topological polar surface area (TPSA) is 64.7 Å². The summed E-state index contributed by atoms with van der Waals surface area (Å²) in [4.78, 5) is 13.4. The van der Waals surface area contributed by atoms with E-state index in [0.29, 0.717) is 0 Å². The van der Waals surface area contributed by atoms with Crippen LogP contribution in [0.1, 0.15) is 41.1 Å². The molecule has 0 amide bonds. The lowest BCUT2D eigenvalue weighted by Crippen LogP contribution is -2.26. The van der Waals surface area contributed by atoms with E-state index in [2.05, 4.69) is 34.9 Å². The van der Waals surface area contributed by atoms with E-state index in [1.54, 1.807) is 18.0 Å². The Hall–Kier alpha value is -1.46. The van der Waals surface area contributed by atoms with Crippen LogP contribution in [0.2, 0.25) is 0 Å². The third-order valence-electron chi connectivity index (χ3n) is 3.72. The highest BCUT2D eigenvalue weighted by atomic mass is 32.2. The van der Waals surface area contributed by atoms with Crippen LogP contribution in [0.4, 0.5) is 0 Å². The van der Waals surface area contributed by atoms with E-state index in [9.17, 15) is 0 Å². The maximum absolute atomic E-state index is 6.30. The Morgan fingerprint density at radius 1 is 1.19 bits per heavy atom. The first kappa shape index (κ1) is 15.9. The highest BCUT2D eigenvalue weighted by Crippen LogP contribution is 2.36. The minimum atomic E-state index is 0.0460. The Bertz CT molecular complexity index is 577. The van der Waals surface area contributed by atoms with Crippen LogP contribution in [0.15, 0.2) is 29.7 Å². The van der Waals surface area contributed by atoms with Crippen LogP contribution in [0.25, 0.3) is 0 Å². The van der Waals surface area contributed by atoms with Crippen molar-refractivity contribution in [3.05, 3.63) is 47.0 Å². The van der Waals surface area contributed by atoms with Crippen molar-refractivity contribution in [2.75, 3.05) is 0 Å². The van der Waals surface area contributed by atoms with Crippen molar-refractivity contribution in [2.24, 2.45) is 5.73 Å². The van der Waals surface area contributed by atoms with Gasteiger partial charge in [0, 0.05) is 29.8 Å². The number of aromatic nitrogens is 3. The van der Waals surface area contributed by atoms with Gasteiger partial charge in [0.25, 0.3) is 0 Å². The Morgan fingerprint density at radius 2 is 1.86 bits per heavy atom. The summed E-state index contributed by atoms with van der Waals surface area (Å²) in [6, 6.07) is 4.05. The van der Waals surface area contributed by atoms with Crippen LogP contribution in [0.3, 0.4) is 0 Å². The molecule has 2 atom stereocenters. The van der Waals surface area contributed by atoms with E-state index >= 15 is 0 Å². The Kier molecular flexibility index (Phi) is 5.31. The summed E-state index contributed by atoms with van der Waals surface area (Å²) < 4.78 is 0. The third-order valence-corrected chi connectivity index (χ3v) is 4.99. The van der Waals surface area contributed by atoms with Crippen LogP contribution in [-0.4, -0.2) is 21.0 Å². The average molecular weight is 302 g/mol. The van der Waals surface area contributed by atoms with E-state index < -0.39 is 0 Å². The Balaban J connectivity index is 2.32. The van der Waals surface area contributed by atoms with Gasteiger partial charge in [0.05, 0.1) is 5.25 Å². The predicted octanol–water partition coefficient (Wildman–Crippen LogP) is 3.37. The molecule has 112 valence electrons. The highest BCUT2D eigenvalue weighted by molar-refractivity contribution is 7.99. The van der Waals surface area contributed by atoms with Crippen LogP contribution < -0.4 is 5.73 Å². The second kappa shape index (κ2) is 7.00. The van der Waals surface area contributed by atoms with Crippen molar-refractivity contribution >= 4 is 11.8 Å². The normalized spacial score (nSPS) is 14.0. The van der Waals surface area contributed by atoms with E-state index in [-0.39, 0.29) is 11.3 Å². The molecule has 0 saturated heterocycles. The summed E-state index contributed by atoms with van der Waals surface area (Å²) in [6.07, 6.45) is 4.55. The van der Waals surface area contributed by atoms with Gasteiger partial charge in [-0.15, -0.1) is 0 Å². The zero-order chi connectivity index (χ0) is 15.4. The molecule has 0 radical (unpaired) electrons. The third kappa shape index (κ3) is 3.80. The monoisotopic (exact) mass is 302 g/mol. The van der Waals surface area contributed by atoms with Gasteiger partial charge in [-0.05, 0) is 44.4 Å². The number of thioether (sulfide) groups is 1. The molecule has 2 unspecified atom stereocenters. The summed E-state index contributed by atoms with van der Waals surface area (Å²) in [5.41, 5.74) is 10.6. The average Bonchev–Trinajstić information content (AvgIpc) is 2.50. The molecule has 0 spiro atoms. The summed E-state index contributed by atoms with van der Waals surface area (Å²) in [6.45, 7) is 8.19. The highest BCUT2D eigenvalue weighted by Gasteiger charge is 2.22. The number of nitrogens with zero attached hydrogens (tertiary/aromatic N) is 3. The Morgan fingerprint density at radius 3 is 2.38 bits per heavy atom. The van der Waals surface area contributed by atoms with E-state index in [0.717, 1.165) is 34.1 Å². The van der Waals surface area contributed by atoms with Crippen molar-refractivity contribution < 1.29 is 0 Å². The van der Waals surface area contributed by atoms with E-state index in [1.807, 2.05) is 26.1 Å². The van der Waals surface area contributed by atoms with Crippen molar-refractivity contribution in [3.63, 3.8) is 0 Å². The molecule has 0 aliphatic heterocycles. The predicted molar refractivity (Wildman–Crippen MR) is 87.3 cm³/mol. The standard InChI is InChI=1S/C16H22N4S/c1-5-14(17)15(13-7-6-8-18-9-13)21-16-19-11(3)10(2)12(4)20-16/h6-9,14-15H,5,17H2,1-4H3. The zero-order valence-electron chi connectivity index (χ0n) is 13.0. The van der Waals surface area contributed by atoms with Crippen LogP contribution in [0.5, 0.6) is 0 Å². The molecule has 0 aliphatic carbocycles. The van der Waals surface area contributed by atoms with Gasteiger partial charge in [-0.3, -0.25) is 4.98 Å². The summed E-state index contributed by atoms with van der Waals surface area (Å²) in [5.74, 6) is 0. The van der Waals surface area contributed by atoms with Crippen molar-refractivity contribution in [2.45, 2.75) is 50.6 Å². The lowest BCUT2D eigenvalue weighted by molar-refractivity contribution is 0.630. The minimum absolute atomic E-state index is 0.0460. The fourth-order valence-electron chi connectivity index (χ4n) is 2.07. The van der Waals surface area contributed by atoms with Gasteiger partial charge in [0.15, 0.2) is 5.16 Å². The van der Waals surface area contributed by atoms with Crippen LogP contribution in [0, 0.1) is 20.8 Å². The molecule has 2 heterocycles. The molecule has 4 nitrogen and oxygen atoms in total. The molecule has 0 aromatic carbocycles. The second-order valence-corrected chi connectivity index (χ2v) is 6.31. The van der Waals surface area contributed by atoms with Crippen LogP contribution >= 0.6 is 11.8 Å². The first-order valence-corrected chi connectivity index (χ1v) is 8.05. The quantitative estimate of drug-likeness (QED) is 0.677. The van der Waals surface area contributed by atoms with Gasteiger partial charge in [0.2, 0.25) is 0 Å². The summed E-state index contributed by atoms with van der Waals surface area (Å²) in [7, 11) is 0. The fraction of sp³-hybridized carbons (Fsp3) is 0.438. The summed E-state index contributed by atoms with van der Waals surface area (Å²) in [5, 5.41) is 0.901. The van der Waals surface area contributed by atoms with Crippen molar-refractivity contribution in [1.82, 2.24) is 15.0 Å². The maximum Gasteiger partial charge on any atom is 0.188 e. The van der Waals surface area contributed by atoms with E-state index in [4.69, 9.17) is 5.73 Å². The lowest BCUT2D eigenvalue weighted by Gasteiger charge is -2.22. The minimum Gasteiger partial charge on any atom is -0.326 e. The van der Waals surface area contributed by atoms with Crippen molar-refractivity contribution in [3.8, 4) is 0 Å². The SMILES string of the molecule is CCC(N)C(Sc1nc(C)c(C)c(C)n1)c1cccnc1. The number of rotatable bonds is 5. The number of pyridine rings is 1.